The van der Waals surface area contributed by atoms with Crippen molar-refractivity contribution in [3.8, 4) is 0 Å². The number of amides is 1. The largest absolute Gasteiger partial charge is 0.342 e. The Morgan fingerprint density at radius 2 is 2.00 bits per heavy atom. The van der Waals surface area contributed by atoms with E-state index in [-0.39, 0.29) is 11.9 Å². The SMILES string of the molecule is CSCCC(C)N(C)C(=O)C(N)Cc1ccccc1. The highest BCUT2D eigenvalue weighted by Crippen LogP contribution is 2.09. The number of hydrogen-bond acceptors (Lipinski definition) is 3. The summed E-state index contributed by atoms with van der Waals surface area (Å²) < 4.78 is 0. The quantitative estimate of drug-likeness (QED) is 0.832. The minimum atomic E-state index is -0.455. The van der Waals surface area contributed by atoms with Crippen LogP contribution in [0.2, 0.25) is 0 Å². The van der Waals surface area contributed by atoms with Crippen molar-refractivity contribution in [1.82, 2.24) is 4.90 Å². The Morgan fingerprint density at radius 1 is 1.37 bits per heavy atom. The van der Waals surface area contributed by atoms with Crippen LogP contribution < -0.4 is 5.73 Å². The van der Waals surface area contributed by atoms with E-state index in [0.717, 1.165) is 17.7 Å². The van der Waals surface area contributed by atoms with Crippen LogP contribution in [0.4, 0.5) is 0 Å². The summed E-state index contributed by atoms with van der Waals surface area (Å²) in [5, 5.41) is 0. The van der Waals surface area contributed by atoms with E-state index in [1.165, 1.54) is 0 Å². The van der Waals surface area contributed by atoms with Crippen LogP contribution in [0.1, 0.15) is 18.9 Å². The van der Waals surface area contributed by atoms with Gasteiger partial charge in [-0.05, 0) is 37.3 Å². The first-order valence-corrected chi connectivity index (χ1v) is 8.00. The summed E-state index contributed by atoms with van der Waals surface area (Å²) >= 11 is 1.80. The molecule has 0 saturated carbocycles. The standard InChI is InChI=1S/C15H24N2OS/c1-12(9-10-19-3)17(2)15(18)14(16)11-13-7-5-4-6-8-13/h4-8,12,14H,9-11,16H2,1-3H3. The summed E-state index contributed by atoms with van der Waals surface area (Å²) in [6.45, 7) is 2.07. The normalized spacial score (nSPS) is 13.9. The molecule has 4 heteroatoms. The molecular weight excluding hydrogens is 256 g/mol. The summed E-state index contributed by atoms with van der Waals surface area (Å²) in [6, 6.07) is 9.70. The molecule has 3 nitrogen and oxygen atoms in total. The minimum absolute atomic E-state index is 0.0254. The molecule has 0 aliphatic heterocycles. The number of thioether (sulfide) groups is 1. The van der Waals surface area contributed by atoms with Gasteiger partial charge in [0.15, 0.2) is 0 Å². The Hall–Kier alpha value is -1.00. The molecule has 0 saturated heterocycles. The van der Waals surface area contributed by atoms with E-state index in [0.29, 0.717) is 6.42 Å². The Kier molecular flexibility index (Phi) is 6.95. The lowest BCUT2D eigenvalue weighted by Crippen LogP contribution is -2.46. The highest BCUT2D eigenvalue weighted by Gasteiger charge is 2.21. The molecule has 0 bridgehead atoms. The van der Waals surface area contributed by atoms with Gasteiger partial charge < -0.3 is 10.6 Å². The van der Waals surface area contributed by atoms with Crippen LogP contribution in [0, 0.1) is 0 Å². The van der Waals surface area contributed by atoms with Gasteiger partial charge in [-0.3, -0.25) is 4.79 Å². The van der Waals surface area contributed by atoms with Crippen molar-refractivity contribution in [3.05, 3.63) is 35.9 Å². The van der Waals surface area contributed by atoms with Crippen LogP contribution in [-0.4, -0.2) is 41.9 Å². The molecule has 0 fully saturated rings. The maximum Gasteiger partial charge on any atom is 0.239 e. The predicted octanol–water partition coefficient (Wildman–Crippen LogP) is 2.16. The Morgan fingerprint density at radius 3 is 2.58 bits per heavy atom. The monoisotopic (exact) mass is 280 g/mol. The molecule has 0 aliphatic carbocycles. The molecule has 0 heterocycles. The third-order valence-electron chi connectivity index (χ3n) is 3.36. The minimum Gasteiger partial charge on any atom is -0.342 e. The van der Waals surface area contributed by atoms with Crippen molar-refractivity contribution < 1.29 is 4.79 Å². The molecule has 1 aromatic carbocycles. The number of hydrogen-bond donors (Lipinski definition) is 1. The van der Waals surface area contributed by atoms with E-state index < -0.39 is 6.04 Å². The van der Waals surface area contributed by atoms with E-state index in [1.807, 2.05) is 37.4 Å². The van der Waals surface area contributed by atoms with Gasteiger partial charge >= 0.3 is 0 Å². The molecule has 106 valence electrons. The van der Waals surface area contributed by atoms with Gasteiger partial charge in [-0.15, -0.1) is 0 Å². The molecule has 2 N–H and O–H groups in total. The van der Waals surface area contributed by atoms with Crippen molar-refractivity contribution >= 4 is 17.7 Å². The zero-order chi connectivity index (χ0) is 14.3. The van der Waals surface area contributed by atoms with Gasteiger partial charge in [0.25, 0.3) is 0 Å². The highest BCUT2D eigenvalue weighted by molar-refractivity contribution is 7.98. The Balaban J connectivity index is 2.51. The molecule has 1 rings (SSSR count). The number of carbonyl (C=O) groups excluding carboxylic acids is 1. The molecule has 0 spiro atoms. The second-order valence-electron chi connectivity index (χ2n) is 4.88. The molecule has 1 amide bonds. The van der Waals surface area contributed by atoms with Gasteiger partial charge in [0.05, 0.1) is 6.04 Å². The summed E-state index contributed by atoms with van der Waals surface area (Å²) in [6.07, 6.45) is 3.68. The molecule has 2 unspecified atom stereocenters. The fourth-order valence-electron chi connectivity index (χ4n) is 1.92. The molecule has 2 atom stereocenters. The summed E-state index contributed by atoms with van der Waals surface area (Å²) in [5.74, 6) is 1.09. The first-order valence-electron chi connectivity index (χ1n) is 6.61. The van der Waals surface area contributed by atoms with Crippen molar-refractivity contribution in [3.63, 3.8) is 0 Å². The Bertz CT molecular complexity index is 383. The van der Waals surface area contributed by atoms with Gasteiger partial charge in [-0.2, -0.15) is 11.8 Å². The molecule has 1 aromatic rings. The zero-order valence-corrected chi connectivity index (χ0v) is 12.8. The number of benzene rings is 1. The van der Waals surface area contributed by atoms with Gasteiger partial charge in [0.1, 0.15) is 0 Å². The van der Waals surface area contributed by atoms with E-state index >= 15 is 0 Å². The average molecular weight is 280 g/mol. The number of carbonyl (C=O) groups is 1. The van der Waals surface area contributed by atoms with Gasteiger partial charge in [0.2, 0.25) is 5.91 Å². The lowest BCUT2D eigenvalue weighted by molar-refractivity contribution is -0.133. The highest BCUT2D eigenvalue weighted by atomic mass is 32.2. The van der Waals surface area contributed by atoms with E-state index in [4.69, 9.17) is 5.73 Å². The topological polar surface area (TPSA) is 46.3 Å². The molecule has 19 heavy (non-hydrogen) atoms. The zero-order valence-electron chi connectivity index (χ0n) is 12.0. The predicted molar refractivity (Wildman–Crippen MR) is 83.4 cm³/mol. The first kappa shape index (κ1) is 16.1. The fourth-order valence-corrected chi connectivity index (χ4v) is 2.49. The van der Waals surface area contributed by atoms with E-state index in [9.17, 15) is 4.79 Å². The van der Waals surface area contributed by atoms with Crippen molar-refractivity contribution in [2.24, 2.45) is 5.73 Å². The van der Waals surface area contributed by atoms with Crippen molar-refractivity contribution in [2.75, 3.05) is 19.1 Å². The Labute approximate surface area is 120 Å². The van der Waals surface area contributed by atoms with Crippen LogP contribution in [0.3, 0.4) is 0 Å². The van der Waals surface area contributed by atoms with Crippen LogP contribution >= 0.6 is 11.8 Å². The smallest absolute Gasteiger partial charge is 0.239 e. The molecule has 0 radical (unpaired) electrons. The van der Waals surface area contributed by atoms with Crippen LogP contribution in [0.5, 0.6) is 0 Å². The first-order chi connectivity index (χ1) is 9.06. The van der Waals surface area contributed by atoms with Crippen LogP contribution in [0.25, 0.3) is 0 Å². The average Bonchev–Trinajstić information content (AvgIpc) is 2.44. The fraction of sp³-hybridized carbons (Fsp3) is 0.533. The van der Waals surface area contributed by atoms with Crippen LogP contribution in [0.15, 0.2) is 30.3 Å². The summed E-state index contributed by atoms with van der Waals surface area (Å²) in [5.41, 5.74) is 7.13. The number of nitrogens with zero attached hydrogens (tertiary/aromatic N) is 1. The summed E-state index contributed by atoms with van der Waals surface area (Å²) in [7, 11) is 1.85. The lowest BCUT2D eigenvalue weighted by atomic mass is 10.0. The number of rotatable bonds is 7. The second-order valence-corrected chi connectivity index (χ2v) is 5.86. The molecule has 0 aliphatic rings. The van der Waals surface area contributed by atoms with Crippen molar-refractivity contribution in [2.45, 2.75) is 31.8 Å². The van der Waals surface area contributed by atoms with Gasteiger partial charge in [0, 0.05) is 13.1 Å². The maximum atomic E-state index is 12.2. The van der Waals surface area contributed by atoms with Gasteiger partial charge in [-0.1, -0.05) is 30.3 Å². The maximum absolute atomic E-state index is 12.2. The number of nitrogens with two attached hydrogens (primary N) is 1. The van der Waals surface area contributed by atoms with Gasteiger partial charge in [-0.25, -0.2) is 0 Å². The third-order valence-corrected chi connectivity index (χ3v) is 4.01. The third kappa shape index (κ3) is 5.25. The van der Waals surface area contributed by atoms with E-state index in [1.54, 1.807) is 16.7 Å². The lowest BCUT2D eigenvalue weighted by Gasteiger charge is -2.27. The van der Waals surface area contributed by atoms with Crippen LogP contribution in [-0.2, 0) is 11.2 Å². The number of likely N-dealkylation sites (N-methyl/N-ethyl adjacent to an activating group) is 1. The summed E-state index contributed by atoms with van der Waals surface area (Å²) in [4.78, 5) is 14.0. The second kappa shape index (κ2) is 8.23. The van der Waals surface area contributed by atoms with E-state index in [2.05, 4.69) is 13.2 Å². The molecular formula is C15H24N2OS. The molecule has 0 aromatic heterocycles. The van der Waals surface area contributed by atoms with Crippen molar-refractivity contribution in [1.29, 1.82) is 0 Å².